The molecule has 16 heavy (non-hydrogen) atoms. The van der Waals surface area contributed by atoms with Crippen LogP contribution in [-0.2, 0) is 6.42 Å². The SMILES string of the molecule is CC(C)Cc1ccc(N2CCC(O)C2)nn1. The van der Waals surface area contributed by atoms with Crippen molar-refractivity contribution in [3.63, 3.8) is 0 Å². The lowest BCUT2D eigenvalue weighted by Crippen LogP contribution is -2.22. The first-order valence-electron chi connectivity index (χ1n) is 5.91. The molecular weight excluding hydrogens is 202 g/mol. The van der Waals surface area contributed by atoms with Gasteiger partial charge in [-0.05, 0) is 30.9 Å². The van der Waals surface area contributed by atoms with E-state index in [4.69, 9.17) is 0 Å². The largest absolute Gasteiger partial charge is 0.391 e. The predicted molar refractivity (Wildman–Crippen MR) is 63.4 cm³/mol. The van der Waals surface area contributed by atoms with Crippen molar-refractivity contribution in [1.82, 2.24) is 10.2 Å². The molecule has 0 bridgehead atoms. The molecular formula is C12H19N3O. The van der Waals surface area contributed by atoms with Crippen LogP contribution >= 0.6 is 0 Å². The highest BCUT2D eigenvalue weighted by molar-refractivity contribution is 5.38. The summed E-state index contributed by atoms with van der Waals surface area (Å²) >= 11 is 0. The highest BCUT2D eigenvalue weighted by atomic mass is 16.3. The lowest BCUT2D eigenvalue weighted by molar-refractivity contribution is 0.198. The fourth-order valence-electron chi connectivity index (χ4n) is 2.00. The van der Waals surface area contributed by atoms with Crippen LogP contribution in [0.2, 0.25) is 0 Å². The summed E-state index contributed by atoms with van der Waals surface area (Å²) in [5, 5.41) is 17.9. The Morgan fingerprint density at radius 1 is 1.44 bits per heavy atom. The van der Waals surface area contributed by atoms with Gasteiger partial charge in [-0.1, -0.05) is 13.8 Å². The highest BCUT2D eigenvalue weighted by Crippen LogP contribution is 2.17. The van der Waals surface area contributed by atoms with E-state index < -0.39 is 0 Å². The van der Waals surface area contributed by atoms with Gasteiger partial charge < -0.3 is 10.0 Å². The number of aromatic nitrogens is 2. The third kappa shape index (κ3) is 2.70. The van der Waals surface area contributed by atoms with Gasteiger partial charge in [-0.2, -0.15) is 5.10 Å². The van der Waals surface area contributed by atoms with Crippen molar-refractivity contribution in [3.8, 4) is 0 Å². The van der Waals surface area contributed by atoms with Gasteiger partial charge in [-0.15, -0.1) is 5.10 Å². The van der Waals surface area contributed by atoms with Crippen LogP contribution in [0.4, 0.5) is 5.82 Å². The smallest absolute Gasteiger partial charge is 0.151 e. The fourth-order valence-corrected chi connectivity index (χ4v) is 2.00. The molecule has 2 rings (SSSR count). The molecule has 0 saturated carbocycles. The second-order valence-corrected chi connectivity index (χ2v) is 4.87. The summed E-state index contributed by atoms with van der Waals surface area (Å²) in [5.41, 5.74) is 1.04. The number of anilines is 1. The zero-order valence-electron chi connectivity index (χ0n) is 9.93. The van der Waals surface area contributed by atoms with Crippen LogP contribution in [0, 0.1) is 5.92 Å². The average Bonchev–Trinajstić information content (AvgIpc) is 2.65. The molecule has 0 spiro atoms. The van der Waals surface area contributed by atoms with E-state index in [2.05, 4.69) is 28.9 Å². The molecule has 1 aromatic rings. The van der Waals surface area contributed by atoms with Crippen LogP contribution in [0.25, 0.3) is 0 Å². The maximum absolute atomic E-state index is 9.44. The van der Waals surface area contributed by atoms with E-state index in [0.29, 0.717) is 12.5 Å². The molecule has 1 unspecified atom stereocenters. The molecule has 1 atom stereocenters. The minimum atomic E-state index is -0.211. The van der Waals surface area contributed by atoms with Crippen LogP contribution in [-0.4, -0.2) is 34.5 Å². The number of rotatable bonds is 3. The Labute approximate surface area is 96.3 Å². The van der Waals surface area contributed by atoms with E-state index in [0.717, 1.165) is 30.9 Å². The summed E-state index contributed by atoms with van der Waals surface area (Å²) in [6.45, 7) is 5.90. The minimum absolute atomic E-state index is 0.211. The van der Waals surface area contributed by atoms with Crippen molar-refractivity contribution in [2.75, 3.05) is 18.0 Å². The van der Waals surface area contributed by atoms with Gasteiger partial charge >= 0.3 is 0 Å². The lowest BCUT2D eigenvalue weighted by atomic mass is 10.1. The topological polar surface area (TPSA) is 49.2 Å². The van der Waals surface area contributed by atoms with Crippen LogP contribution < -0.4 is 4.90 Å². The normalized spacial score (nSPS) is 20.8. The number of hydrogen-bond donors (Lipinski definition) is 1. The first-order chi connectivity index (χ1) is 7.65. The Morgan fingerprint density at radius 3 is 2.75 bits per heavy atom. The molecule has 1 aliphatic heterocycles. The minimum Gasteiger partial charge on any atom is -0.391 e. The third-order valence-corrected chi connectivity index (χ3v) is 2.81. The highest BCUT2D eigenvalue weighted by Gasteiger charge is 2.21. The predicted octanol–water partition coefficient (Wildman–Crippen LogP) is 1.25. The van der Waals surface area contributed by atoms with Gasteiger partial charge in [0.25, 0.3) is 0 Å². The van der Waals surface area contributed by atoms with Gasteiger partial charge in [0.1, 0.15) is 0 Å². The zero-order chi connectivity index (χ0) is 11.5. The molecule has 4 heteroatoms. The van der Waals surface area contributed by atoms with Crippen LogP contribution in [0.3, 0.4) is 0 Å². The van der Waals surface area contributed by atoms with E-state index in [-0.39, 0.29) is 6.10 Å². The van der Waals surface area contributed by atoms with E-state index in [1.54, 1.807) is 0 Å². The maximum atomic E-state index is 9.44. The molecule has 1 fully saturated rings. The maximum Gasteiger partial charge on any atom is 0.151 e. The number of hydrogen-bond acceptors (Lipinski definition) is 4. The van der Waals surface area contributed by atoms with Gasteiger partial charge in [0.2, 0.25) is 0 Å². The Morgan fingerprint density at radius 2 is 2.25 bits per heavy atom. The molecule has 1 aliphatic rings. The molecule has 0 aromatic carbocycles. The molecule has 1 aromatic heterocycles. The Hall–Kier alpha value is -1.16. The zero-order valence-corrected chi connectivity index (χ0v) is 9.93. The van der Waals surface area contributed by atoms with Crippen molar-refractivity contribution in [1.29, 1.82) is 0 Å². The number of β-amino-alcohol motifs (C(OH)–C–C–N with tert-alkyl or cyclic N) is 1. The Bertz CT molecular complexity index is 337. The van der Waals surface area contributed by atoms with Crippen LogP contribution in [0.1, 0.15) is 26.0 Å². The standard InChI is InChI=1S/C12H19N3O/c1-9(2)7-10-3-4-12(14-13-10)15-6-5-11(16)8-15/h3-4,9,11,16H,5-8H2,1-2H3. The van der Waals surface area contributed by atoms with Crippen molar-refractivity contribution in [3.05, 3.63) is 17.8 Å². The molecule has 0 radical (unpaired) electrons. The number of nitrogens with zero attached hydrogens (tertiary/aromatic N) is 3. The average molecular weight is 221 g/mol. The van der Waals surface area contributed by atoms with Crippen molar-refractivity contribution in [2.45, 2.75) is 32.8 Å². The van der Waals surface area contributed by atoms with Crippen LogP contribution in [0.15, 0.2) is 12.1 Å². The second-order valence-electron chi connectivity index (χ2n) is 4.87. The van der Waals surface area contributed by atoms with Gasteiger partial charge in [0, 0.05) is 13.1 Å². The van der Waals surface area contributed by atoms with Gasteiger partial charge in [0.15, 0.2) is 5.82 Å². The number of aliphatic hydroxyl groups is 1. The summed E-state index contributed by atoms with van der Waals surface area (Å²) in [6, 6.07) is 4.04. The summed E-state index contributed by atoms with van der Waals surface area (Å²) in [4.78, 5) is 2.08. The van der Waals surface area contributed by atoms with Crippen LogP contribution in [0.5, 0.6) is 0 Å². The number of aliphatic hydroxyl groups excluding tert-OH is 1. The lowest BCUT2D eigenvalue weighted by Gasteiger charge is -2.15. The monoisotopic (exact) mass is 221 g/mol. The van der Waals surface area contributed by atoms with Crippen molar-refractivity contribution < 1.29 is 5.11 Å². The Kier molecular flexibility index (Phi) is 3.39. The van der Waals surface area contributed by atoms with Crippen molar-refractivity contribution in [2.24, 2.45) is 5.92 Å². The summed E-state index contributed by atoms with van der Waals surface area (Å²) in [5.74, 6) is 1.48. The molecule has 0 aliphatic carbocycles. The third-order valence-electron chi connectivity index (χ3n) is 2.81. The van der Waals surface area contributed by atoms with E-state index in [1.807, 2.05) is 12.1 Å². The molecule has 88 valence electrons. The molecule has 0 amide bonds. The molecule has 2 heterocycles. The molecule has 1 N–H and O–H groups in total. The van der Waals surface area contributed by atoms with Gasteiger partial charge in [-0.3, -0.25) is 0 Å². The Balaban J connectivity index is 2.02. The van der Waals surface area contributed by atoms with Gasteiger partial charge in [-0.25, -0.2) is 0 Å². The summed E-state index contributed by atoms with van der Waals surface area (Å²) < 4.78 is 0. The first-order valence-corrected chi connectivity index (χ1v) is 5.91. The fraction of sp³-hybridized carbons (Fsp3) is 0.667. The van der Waals surface area contributed by atoms with Gasteiger partial charge in [0.05, 0.1) is 11.8 Å². The first kappa shape index (κ1) is 11.3. The van der Waals surface area contributed by atoms with E-state index in [9.17, 15) is 5.11 Å². The molecule has 1 saturated heterocycles. The molecule has 4 nitrogen and oxygen atoms in total. The van der Waals surface area contributed by atoms with E-state index in [1.165, 1.54) is 0 Å². The summed E-state index contributed by atoms with van der Waals surface area (Å²) in [7, 11) is 0. The quantitative estimate of drug-likeness (QED) is 0.834. The second kappa shape index (κ2) is 4.78. The van der Waals surface area contributed by atoms with Crippen molar-refractivity contribution >= 4 is 5.82 Å². The summed E-state index contributed by atoms with van der Waals surface area (Å²) in [6.07, 6.45) is 1.59. The van der Waals surface area contributed by atoms with E-state index >= 15 is 0 Å².